The number of carbonyl (C=O) groups is 1. The van der Waals surface area contributed by atoms with Gasteiger partial charge in [-0.2, -0.15) is 12.7 Å². The molecule has 5 nitrogen and oxygen atoms in total. The molecule has 0 aromatic heterocycles. The minimum absolute atomic E-state index is 0. The van der Waals surface area contributed by atoms with E-state index in [1.54, 1.807) is 0 Å². The molecular formula is C18H20NNaO4S. The third-order valence-electron chi connectivity index (χ3n) is 4.47. The number of hydrogen-bond acceptors (Lipinski definition) is 3. The number of piperidine rings is 1. The van der Waals surface area contributed by atoms with Crippen molar-refractivity contribution in [1.29, 1.82) is 0 Å². The summed E-state index contributed by atoms with van der Waals surface area (Å²) in [6.45, 7) is 0.0244. The van der Waals surface area contributed by atoms with Gasteiger partial charge >= 0.3 is 39.9 Å². The summed E-state index contributed by atoms with van der Waals surface area (Å²) in [7, 11) is -4.30. The molecule has 0 saturated carbocycles. The second-order valence-corrected chi connectivity index (χ2v) is 7.37. The van der Waals surface area contributed by atoms with Crippen LogP contribution in [0.5, 0.6) is 0 Å². The smallest absolute Gasteiger partial charge is 1.00 e. The van der Waals surface area contributed by atoms with Crippen molar-refractivity contribution in [3.05, 3.63) is 71.8 Å². The maximum atomic E-state index is 12.6. The van der Waals surface area contributed by atoms with Gasteiger partial charge in [-0.15, -0.1) is 0 Å². The summed E-state index contributed by atoms with van der Waals surface area (Å²) >= 11 is 0. The monoisotopic (exact) mass is 369 g/mol. The first kappa shape index (κ1) is 20.3. The molecule has 1 fully saturated rings. The Balaban J connectivity index is 0.00000169. The number of hydrogen-bond donors (Lipinski definition) is 1. The first-order valence-corrected chi connectivity index (χ1v) is 9.21. The van der Waals surface area contributed by atoms with E-state index in [0.717, 1.165) is 15.4 Å². The van der Waals surface area contributed by atoms with E-state index < -0.39 is 16.2 Å². The summed E-state index contributed by atoms with van der Waals surface area (Å²) in [5.41, 5.74) is 1.92. The first-order chi connectivity index (χ1) is 11.5. The van der Waals surface area contributed by atoms with Crippen LogP contribution in [0.25, 0.3) is 0 Å². The van der Waals surface area contributed by atoms with E-state index >= 15 is 0 Å². The minimum Gasteiger partial charge on any atom is -1.00 e. The molecule has 1 N–H and O–H groups in total. The van der Waals surface area contributed by atoms with E-state index in [9.17, 15) is 17.8 Å². The fraction of sp³-hybridized carbons (Fsp3) is 0.278. The molecule has 0 spiro atoms. The van der Waals surface area contributed by atoms with E-state index in [-0.39, 0.29) is 62.2 Å². The van der Waals surface area contributed by atoms with Crippen molar-refractivity contribution in [2.24, 2.45) is 5.92 Å². The Labute approximate surface area is 171 Å². The summed E-state index contributed by atoms with van der Waals surface area (Å²) < 4.78 is 33.3. The third-order valence-corrected chi connectivity index (χ3v) is 5.45. The van der Waals surface area contributed by atoms with Crippen LogP contribution in [0.3, 0.4) is 0 Å². The van der Waals surface area contributed by atoms with Crippen molar-refractivity contribution >= 4 is 16.1 Å². The molecule has 0 amide bonds. The molecule has 25 heavy (non-hydrogen) atoms. The number of rotatable bonds is 4. The van der Waals surface area contributed by atoms with E-state index in [1.165, 1.54) is 0 Å². The van der Waals surface area contributed by atoms with E-state index in [2.05, 4.69) is 0 Å². The SMILES string of the molecule is O=C1CCN(S(=O)(=O)O)CC1C(c1ccccc1)c1ccccc1.[H-].[Na+]. The number of nitrogens with zero attached hydrogens (tertiary/aromatic N) is 1. The average molecular weight is 369 g/mol. The van der Waals surface area contributed by atoms with E-state index in [4.69, 9.17) is 0 Å². The van der Waals surface area contributed by atoms with Gasteiger partial charge in [0.1, 0.15) is 5.78 Å². The van der Waals surface area contributed by atoms with Crippen LogP contribution in [0.15, 0.2) is 60.7 Å². The molecule has 1 saturated heterocycles. The number of carbonyl (C=O) groups excluding carboxylic acids is 1. The number of ketones is 1. The molecule has 1 atom stereocenters. The van der Waals surface area contributed by atoms with Gasteiger partial charge in [-0.05, 0) is 11.1 Å². The molecule has 0 bridgehead atoms. The van der Waals surface area contributed by atoms with Crippen LogP contribution >= 0.6 is 0 Å². The molecular weight excluding hydrogens is 349 g/mol. The normalized spacial score (nSPS) is 18.8. The fourth-order valence-corrected chi connectivity index (χ4v) is 3.98. The molecule has 1 unspecified atom stereocenters. The zero-order chi connectivity index (χ0) is 17.2. The Hall–Kier alpha value is -1.02. The van der Waals surface area contributed by atoms with Crippen molar-refractivity contribution in [3.63, 3.8) is 0 Å². The first-order valence-electron chi connectivity index (χ1n) is 7.82. The van der Waals surface area contributed by atoms with Gasteiger partial charge in [-0.25, -0.2) is 0 Å². The van der Waals surface area contributed by atoms with Crippen LogP contribution in [-0.4, -0.2) is 36.1 Å². The molecule has 2 aromatic rings. The maximum Gasteiger partial charge on any atom is 1.00 e. The quantitative estimate of drug-likeness (QED) is 0.589. The molecule has 128 valence electrons. The zero-order valence-corrected chi connectivity index (χ0v) is 16.9. The summed E-state index contributed by atoms with van der Waals surface area (Å²) in [5.74, 6) is -0.748. The second-order valence-electron chi connectivity index (χ2n) is 5.96. The Morgan fingerprint density at radius 1 is 1.00 bits per heavy atom. The Morgan fingerprint density at radius 3 is 1.92 bits per heavy atom. The summed E-state index contributed by atoms with van der Waals surface area (Å²) in [5, 5.41) is 0. The van der Waals surface area contributed by atoms with Crippen molar-refractivity contribution in [1.82, 2.24) is 4.31 Å². The predicted molar refractivity (Wildman–Crippen MR) is 92.1 cm³/mol. The van der Waals surface area contributed by atoms with Gasteiger partial charge in [0.2, 0.25) is 0 Å². The van der Waals surface area contributed by atoms with E-state index in [0.29, 0.717) is 0 Å². The second kappa shape index (κ2) is 8.58. The van der Waals surface area contributed by atoms with Crippen LogP contribution < -0.4 is 29.6 Å². The molecule has 1 heterocycles. The molecule has 7 heteroatoms. The molecule has 3 rings (SSSR count). The van der Waals surface area contributed by atoms with Crippen LogP contribution in [0, 0.1) is 5.92 Å². The predicted octanol–water partition coefficient (Wildman–Crippen LogP) is -0.371. The summed E-state index contributed by atoms with van der Waals surface area (Å²) in [6, 6.07) is 19.2. The standard InChI is InChI=1S/C18H19NO4S.Na.H/c20-17-11-12-19(24(21,22)23)13-16(17)18(14-7-3-1-4-8-14)15-9-5-2-6-10-15;;/h1-10,16,18H,11-13H2,(H,21,22,23);;/q;+1;-1. The molecule has 1 aliphatic heterocycles. The molecule has 0 aliphatic carbocycles. The Morgan fingerprint density at radius 2 is 1.48 bits per heavy atom. The largest absolute Gasteiger partial charge is 1.00 e. The summed E-state index contributed by atoms with van der Waals surface area (Å²) in [6.07, 6.45) is 0.112. The van der Waals surface area contributed by atoms with Crippen LogP contribution in [0.1, 0.15) is 24.9 Å². The maximum absolute atomic E-state index is 12.6. The van der Waals surface area contributed by atoms with Gasteiger partial charge in [-0.3, -0.25) is 9.35 Å². The van der Waals surface area contributed by atoms with Gasteiger partial charge in [0.25, 0.3) is 0 Å². The third kappa shape index (κ3) is 4.78. The van der Waals surface area contributed by atoms with Gasteiger partial charge in [0, 0.05) is 31.3 Å². The van der Waals surface area contributed by atoms with Gasteiger partial charge < -0.3 is 1.43 Å². The molecule has 2 aromatic carbocycles. The average Bonchev–Trinajstić information content (AvgIpc) is 2.58. The van der Waals surface area contributed by atoms with Crippen LogP contribution in [-0.2, 0) is 15.1 Å². The topological polar surface area (TPSA) is 74.7 Å². The van der Waals surface area contributed by atoms with Gasteiger partial charge in [-0.1, -0.05) is 60.7 Å². The molecule has 0 radical (unpaired) electrons. The fourth-order valence-electron chi connectivity index (χ4n) is 3.31. The minimum atomic E-state index is -4.30. The van der Waals surface area contributed by atoms with Gasteiger partial charge in [0.05, 0.1) is 0 Å². The number of Topliss-reactive ketones (excluding diaryl/α,β-unsaturated/α-hetero) is 1. The molecule has 1 aliphatic rings. The van der Waals surface area contributed by atoms with Crippen molar-refractivity contribution in [2.45, 2.75) is 12.3 Å². The van der Waals surface area contributed by atoms with Crippen LogP contribution in [0.2, 0.25) is 0 Å². The zero-order valence-electron chi connectivity index (χ0n) is 15.1. The van der Waals surface area contributed by atoms with Crippen LogP contribution in [0.4, 0.5) is 0 Å². The van der Waals surface area contributed by atoms with E-state index in [1.807, 2.05) is 60.7 Å². The van der Waals surface area contributed by atoms with Crippen molar-refractivity contribution in [3.8, 4) is 0 Å². The number of benzene rings is 2. The Kier molecular flexibility index (Phi) is 6.96. The summed E-state index contributed by atoms with van der Waals surface area (Å²) in [4.78, 5) is 12.6. The Bertz CT molecular complexity index is 778. The van der Waals surface area contributed by atoms with Gasteiger partial charge in [0.15, 0.2) is 0 Å². The van der Waals surface area contributed by atoms with Crippen molar-refractivity contribution < 1.29 is 48.7 Å². The van der Waals surface area contributed by atoms with Crippen molar-refractivity contribution in [2.75, 3.05) is 13.1 Å².